The summed E-state index contributed by atoms with van der Waals surface area (Å²) in [7, 11) is 3.17. The lowest BCUT2D eigenvalue weighted by molar-refractivity contribution is 0.0700. The van der Waals surface area contributed by atoms with Crippen LogP contribution < -0.4 is 14.2 Å². The minimum Gasteiger partial charge on any atom is -0.494 e. The predicted molar refractivity (Wildman–Crippen MR) is 128 cm³/mol. The van der Waals surface area contributed by atoms with Gasteiger partial charge in [0, 0.05) is 32.0 Å². The maximum atomic E-state index is 12.2. The fraction of sp³-hybridized carbons (Fsp3) is 0.231. The number of rotatable bonds is 8. The number of nitrogens with zero attached hydrogens (tertiary/aromatic N) is 2. The molecule has 0 unspecified atom stereocenters. The molecule has 8 heteroatoms. The molecule has 0 aliphatic carbocycles. The van der Waals surface area contributed by atoms with E-state index in [1.54, 1.807) is 42.9 Å². The smallest absolute Gasteiger partial charge is 0.414 e. The van der Waals surface area contributed by atoms with E-state index in [-0.39, 0.29) is 17.9 Å². The van der Waals surface area contributed by atoms with Gasteiger partial charge in [0.2, 0.25) is 0 Å². The Morgan fingerprint density at radius 3 is 2.53 bits per heavy atom. The first-order valence-corrected chi connectivity index (χ1v) is 10.9. The van der Waals surface area contributed by atoms with Crippen LogP contribution >= 0.6 is 0 Å². The van der Waals surface area contributed by atoms with Gasteiger partial charge >= 0.3 is 12.1 Å². The van der Waals surface area contributed by atoms with E-state index in [1.807, 2.05) is 43.3 Å². The number of carboxylic acid groups (broad SMARTS) is 1. The van der Waals surface area contributed by atoms with Crippen molar-refractivity contribution in [3.05, 3.63) is 71.9 Å². The van der Waals surface area contributed by atoms with Crippen molar-refractivity contribution in [1.29, 1.82) is 0 Å². The summed E-state index contributed by atoms with van der Waals surface area (Å²) in [5.41, 5.74) is 2.24. The Balaban J connectivity index is 1.74. The lowest BCUT2D eigenvalue weighted by atomic mass is 10.1. The van der Waals surface area contributed by atoms with E-state index in [0.717, 1.165) is 11.3 Å². The number of amides is 1. The van der Waals surface area contributed by atoms with Crippen molar-refractivity contribution in [3.63, 3.8) is 0 Å². The van der Waals surface area contributed by atoms with Crippen LogP contribution in [0.1, 0.15) is 22.8 Å². The number of carboxylic acids is 1. The third-order valence-electron chi connectivity index (χ3n) is 5.32. The van der Waals surface area contributed by atoms with Gasteiger partial charge in [-0.2, -0.15) is 0 Å². The fourth-order valence-electron chi connectivity index (χ4n) is 3.81. The second-order valence-corrected chi connectivity index (χ2v) is 7.90. The SMILES string of the molecule is CCOc1cccc(CCOc2cc(OC(=O)N(C)C)cn3c2c(C(=O)O)c2ccccc23)c1. The third kappa shape index (κ3) is 4.61. The van der Waals surface area contributed by atoms with Crippen molar-refractivity contribution in [2.45, 2.75) is 13.3 Å². The summed E-state index contributed by atoms with van der Waals surface area (Å²) in [4.78, 5) is 25.7. The van der Waals surface area contributed by atoms with Gasteiger partial charge in [0.1, 0.15) is 17.0 Å². The van der Waals surface area contributed by atoms with Crippen LogP contribution in [0, 0.1) is 0 Å². The van der Waals surface area contributed by atoms with Gasteiger partial charge in [0.15, 0.2) is 5.75 Å². The van der Waals surface area contributed by atoms with E-state index in [9.17, 15) is 14.7 Å². The molecule has 0 aliphatic heterocycles. The van der Waals surface area contributed by atoms with Gasteiger partial charge in [0.05, 0.1) is 30.5 Å². The molecule has 1 N–H and O–H groups in total. The van der Waals surface area contributed by atoms with Gasteiger partial charge in [-0.05, 0) is 30.7 Å². The average Bonchev–Trinajstić information content (AvgIpc) is 3.14. The Morgan fingerprint density at radius 1 is 1.00 bits per heavy atom. The minimum absolute atomic E-state index is 0.134. The molecular formula is C26H26N2O6. The first-order chi connectivity index (χ1) is 16.4. The minimum atomic E-state index is -1.06. The molecule has 0 saturated carbocycles. The molecule has 0 saturated heterocycles. The van der Waals surface area contributed by atoms with Gasteiger partial charge in [-0.3, -0.25) is 0 Å². The van der Waals surface area contributed by atoms with Crippen molar-refractivity contribution in [2.24, 2.45) is 0 Å². The molecule has 176 valence electrons. The predicted octanol–water partition coefficient (Wildman–Crippen LogP) is 4.87. The monoisotopic (exact) mass is 462 g/mol. The molecule has 34 heavy (non-hydrogen) atoms. The van der Waals surface area contributed by atoms with Crippen LogP contribution in [0.15, 0.2) is 60.8 Å². The number of aromatic nitrogens is 1. The van der Waals surface area contributed by atoms with E-state index in [4.69, 9.17) is 14.2 Å². The van der Waals surface area contributed by atoms with Gasteiger partial charge < -0.3 is 28.6 Å². The second-order valence-electron chi connectivity index (χ2n) is 7.90. The molecule has 0 aliphatic rings. The average molecular weight is 463 g/mol. The Kier molecular flexibility index (Phi) is 6.58. The number of fused-ring (bicyclic) bond motifs is 3. The van der Waals surface area contributed by atoms with Gasteiger partial charge in [0.25, 0.3) is 0 Å². The number of hydrogen-bond donors (Lipinski definition) is 1. The zero-order valence-corrected chi connectivity index (χ0v) is 19.3. The van der Waals surface area contributed by atoms with Gasteiger partial charge in [-0.25, -0.2) is 9.59 Å². The number of ether oxygens (including phenoxy) is 3. The standard InChI is InChI=1S/C26H26N2O6/c1-4-32-18-9-7-8-17(14-18)12-13-33-22-15-19(34-26(31)27(2)3)16-28-21-11-6-5-10-20(21)23(24(22)28)25(29)30/h5-11,14-16H,4,12-13H2,1-3H3,(H,29,30). The van der Waals surface area contributed by atoms with Crippen LogP contribution in [-0.4, -0.2) is 53.8 Å². The molecule has 0 spiro atoms. The van der Waals surface area contributed by atoms with Gasteiger partial charge in [-0.1, -0.05) is 30.3 Å². The summed E-state index contributed by atoms with van der Waals surface area (Å²) >= 11 is 0. The topological polar surface area (TPSA) is 89.7 Å². The number of hydrogen-bond acceptors (Lipinski definition) is 5. The normalized spacial score (nSPS) is 10.9. The summed E-state index contributed by atoms with van der Waals surface area (Å²) < 4.78 is 18.8. The van der Waals surface area contributed by atoms with Crippen LogP contribution in [0.3, 0.4) is 0 Å². The summed E-state index contributed by atoms with van der Waals surface area (Å²) in [6.07, 6.45) is 1.63. The molecular weight excluding hydrogens is 436 g/mol. The Labute approximate surface area is 196 Å². The quantitative estimate of drug-likeness (QED) is 0.402. The first-order valence-electron chi connectivity index (χ1n) is 10.9. The van der Waals surface area contributed by atoms with Crippen LogP contribution in [0.25, 0.3) is 16.4 Å². The molecule has 8 nitrogen and oxygen atoms in total. The van der Waals surface area contributed by atoms with Crippen molar-refractivity contribution >= 4 is 28.5 Å². The number of benzene rings is 2. The van der Waals surface area contributed by atoms with E-state index in [2.05, 4.69) is 0 Å². The number of para-hydroxylation sites is 1. The van der Waals surface area contributed by atoms with Crippen molar-refractivity contribution in [1.82, 2.24) is 9.30 Å². The Bertz CT molecular complexity index is 1360. The van der Waals surface area contributed by atoms with Crippen LogP contribution in [-0.2, 0) is 6.42 Å². The molecule has 0 fully saturated rings. The van der Waals surface area contributed by atoms with E-state index >= 15 is 0 Å². The largest absolute Gasteiger partial charge is 0.494 e. The van der Waals surface area contributed by atoms with E-state index in [1.165, 1.54) is 4.90 Å². The summed E-state index contributed by atoms with van der Waals surface area (Å²) in [6.45, 7) is 2.80. The molecule has 2 heterocycles. The molecule has 4 aromatic rings. The highest BCUT2D eigenvalue weighted by Gasteiger charge is 2.23. The lowest BCUT2D eigenvalue weighted by Gasteiger charge is -2.14. The molecule has 0 bridgehead atoms. The number of pyridine rings is 1. The maximum Gasteiger partial charge on any atom is 0.414 e. The molecule has 1 amide bonds. The summed E-state index contributed by atoms with van der Waals surface area (Å²) in [5, 5.41) is 10.6. The highest BCUT2D eigenvalue weighted by atomic mass is 16.6. The second kappa shape index (κ2) is 9.74. The van der Waals surface area contributed by atoms with E-state index < -0.39 is 12.1 Å². The van der Waals surface area contributed by atoms with Crippen LogP contribution in [0.5, 0.6) is 17.2 Å². The maximum absolute atomic E-state index is 12.2. The number of carbonyl (C=O) groups is 2. The van der Waals surface area contributed by atoms with Gasteiger partial charge in [-0.15, -0.1) is 0 Å². The highest BCUT2D eigenvalue weighted by molar-refractivity contribution is 6.12. The van der Waals surface area contributed by atoms with Crippen molar-refractivity contribution in [3.8, 4) is 17.2 Å². The molecule has 2 aromatic heterocycles. The molecule has 2 aromatic carbocycles. The van der Waals surface area contributed by atoms with Crippen LogP contribution in [0.4, 0.5) is 4.79 Å². The number of carbonyl (C=O) groups excluding carboxylic acids is 1. The molecule has 0 atom stereocenters. The zero-order valence-electron chi connectivity index (χ0n) is 19.3. The summed E-state index contributed by atoms with van der Waals surface area (Å²) in [5.74, 6) is 0.285. The highest BCUT2D eigenvalue weighted by Crippen LogP contribution is 2.36. The Hall–Kier alpha value is -4.20. The number of aromatic carboxylic acids is 1. The van der Waals surface area contributed by atoms with Crippen molar-refractivity contribution < 1.29 is 28.9 Å². The molecule has 0 radical (unpaired) electrons. The first kappa shape index (κ1) is 23.0. The third-order valence-corrected chi connectivity index (χ3v) is 5.32. The zero-order chi connectivity index (χ0) is 24.2. The lowest BCUT2D eigenvalue weighted by Crippen LogP contribution is -2.25. The molecule has 4 rings (SSSR count). The Morgan fingerprint density at radius 2 is 1.79 bits per heavy atom. The van der Waals surface area contributed by atoms with Crippen molar-refractivity contribution in [2.75, 3.05) is 27.3 Å². The summed E-state index contributed by atoms with van der Waals surface area (Å²) in [6, 6.07) is 16.5. The fourth-order valence-corrected chi connectivity index (χ4v) is 3.81. The van der Waals surface area contributed by atoms with Crippen LogP contribution in [0.2, 0.25) is 0 Å². The van der Waals surface area contributed by atoms with E-state index in [0.29, 0.717) is 35.2 Å².